The molecule has 13 nitrogen and oxygen atoms in total. The fourth-order valence-electron chi connectivity index (χ4n) is 4.70. The van der Waals surface area contributed by atoms with Gasteiger partial charge in [0.25, 0.3) is 0 Å². The molecule has 2 aliphatic heterocycles. The second-order valence-corrected chi connectivity index (χ2v) is 9.28. The van der Waals surface area contributed by atoms with Crippen LogP contribution in [-0.4, -0.2) is 96.8 Å². The molecule has 0 amide bonds. The van der Waals surface area contributed by atoms with Gasteiger partial charge in [-0.1, -0.05) is 11.8 Å². The van der Waals surface area contributed by atoms with Gasteiger partial charge in [0.2, 0.25) is 11.9 Å². The second-order valence-electron chi connectivity index (χ2n) is 9.28. The molecule has 4 aromatic heterocycles. The van der Waals surface area contributed by atoms with Crippen LogP contribution in [0.15, 0.2) is 49.7 Å². The fourth-order valence-corrected chi connectivity index (χ4v) is 4.70. The zero-order chi connectivity index (χ0) is 27.1. The lowest BCUT2D eigenvalue weighted by atomic mass is 10.2. The Morgan fingerprint density at radius 3 is 2.48 bits per heavy atom. The Morgan fingerprint density at radius 1 is 0.875 bits per heavy atom. The van der Waals surface area contributed by atoms with Gasteiger partial charge in [-0.2, -0.15) is 0 Å². The Balaban J connectivity index is 1.08. The molecule has 6 heterocycles. The van der Waals surface area contributed by atoms with Gasteiger partial charge in [0, 0.05) is 56.9 Å². The first-order chi connectivity index (χ1) is 19.8. The third-order valence-corrected chi connectivity index (χ3v) is 6.73. The number of alkyl halides is 1. The largest absolute Gasteiger partial charge is 0.377 e. The van der Waals surface area contributed by atoms with Gasteiger partial charge in [-0.25, -0.2) is 34.3 Å². The molecule has 0 spiro atoms. The van der Waals surface area contributed by atoms with Crippen LogP contribution in [0, 0.1) is 11.8 Å². The predicted molar refractivity (Wildman–Crippen MR) is 143 cm³/mol. The van der Waals surface area contributed by atoms with Crippen LogP contribution in [0.2, 0.25) is 0 Å². The van der Waals surface area contributed by atoms with E-state index in [9.17, 15) is 4.39 Å². The second kappa shape index (κ2) is 12.0. The van der Waals surface area contributed by atoms with Crippen LogP contribution in [0.1, 0.15) is 17.0 Å². The molecular formula is C26H27FN12O. The molecule has 1 saturated heterocycles. The zero-order valence-corrected chi connectivity index (χ0v) is 21.7. The molecule has 1 atom stereocenters. The molecule has 1 fully saturated rings. The first kappa shape index (κ1) is 25.5. The summed E-state index contributed by atoms with van der Waals surface area (Å²) >= 11 is 0. The van der Waals surface area contributed by atoms with Crippen molar-refractivity contribution in [2.75, 3.05) is 60.8 Å². The minimum Gasteiger partial charge on any atom is -0.377 e. The number of rotatable bonds is 7. The standard InChI is InChI=1S/C26H27FN12O/c27-5-10-40-16-22-14-37(8-9-39(22)26-32-17-28-18-33-26)25-30-12-21(13-31-25)2-1-20-3-4-23(29-11-20)36-6-7-38-19-34-35-24(38)15-36/h3-4,11-13,17-19,22H,5-10,14-16H2/t22-/m1/s1. The summed E-state index contributed by atoms with van der Waals surface area (Å²) in [6.45, 7) is 4.11. The van der Waals surface area contributed by atoms with Gasteiger partial charge in [0.15, 0.2) is 5.82 Å². The van der Waals surface area contributed by atoms with Gasteiger partial charge in [-0.15, -0.1) is 10.2 Å². The number of halogens is 1. The van der Waals surface area contributed by atoms with E-state index >= 15 is 0 Å². The molecular weight excluding hydrogens is 515 g/mol. The van der Waals surface area contributed by atoms with E-state index in [0.29, 0.717) is 50.2 Å². The summed E-state index contributed by atoms with van der Waals surface area (Å²) in [6, 6.07) is 3.84. The highest BCUT2D eigenvalue weighted by Crippen LogP contribution is 2.20. The number of hydrogen-bond acceptors (Lipinski definition) is 12. The van der Waals surface area contributed by atoms with E-state index in [1.54, 1.807) is 24.9 Å². The summed E-state index contributed by atoms with van der Waals surface area (Å²) in [5.41, 5.74) is 1.51. The van der Waals surface area contributed by atoms with Gasteiger partial charge in [0.1, 0.15) is 31.5 Å². The smallest absolute Gasteiger partial charge is 0.228 e. The molecule has 40 heavy (non-hydrogen) atoms. The number of fused-ring (bicyclic) bond motifs is 1. The van der Waals surface area contributed by atoms with Crippen molar-refractivity contribution in [2.45, 2.75) is 19.1 Å². The Hall–Kier alpha value is -4.77. The summed E-state index contributed by atoms with van der Waals surface area (Å²) in [5, 5.41) is 8.13. The number of hydrogen-bond donors (Lipinski definition) is 0. The summed E-state index contributed by atoms with van der Waals surface area (Å²) < 4.78 is 20.2. The maximum atomic E-state index is 12.6. The highest BCUT2D eigenvalue weighted by molar-refractivity contribution is 5.47. The third kappa shape index (κ3) is 5.79. The van der Waals surface area contributed by atoms with Gasteiger partial charge in [-0.05, 0) is 12.1 Å². The summed E-state index contributed by atoms with van der Waals surface area (Å²) in [5.74, 6) is 9.24. The quantitative estimate of drug-likeness (QED) is 0.242. The molecule has 0 radical (unpaired) electrons. The monoisotopic (exact) mass is 542 g/mol. The number of piperazine rings is 1. The van der Waals surface area contributed by atoms with Gasteiger partial charge < -0.3 is 24.0 Å². The van der Waals surface area contributed by atoms with Crippen LogP contribution in [0.4, 0.5) is 22.1 Å². The highest BCUT2D eigenvalue weighted by atomic mass is 19.1. The van der Waals surface area contributed by atoms with E-state index in [1.165, 1.54) is 12.7 Å². The normalized spacial score (nSPS) is 16.8. The number of pyridine rings is 1. The Bertz CT molecular complexity index is 1460. The first-order valence-corrected chi connectivity index (χ1v) is 13.0. The molecule has 2 aliphatic rings. The van der Waals surface area contributed by atoms with E-state index in [-0.39, 0.29) is 12.6 Å². The van der Waals surface area contributed by atoms with Gasteiger partial charge in [-0.3, -0.25) is 0 Å². The lowest BCUT2D eigenvalue weighted by Gasteiger charge is -2.41. The van der Waals surface area contributed by atoms with E-state index in [4.69, 9.17) is 4.74 Å². The van der Waals surface area contributed by atoms with Crippen molar-refractivity contribution in [1.82, 2.24) is 44.7 Å². The maximum Gasteiger partial charge on any atom is 0.228 e. The summed E-state index contributed by atoms with van der Waals surface area (Å²) in [6.07, 6.45) is 9.89. The molecule has 14 heteroatoms. The van der Waals surface area contributed by atoms with Crippen molar-refractivity contribution in [2.24, 2.45) is 0 Å². The molecule has 0 unspecified atom stereocenters. The Labute approximate surface area is 230 Å². The van der Waals surface area contributed by atoms with Gasteiger partial charge >= 0.3 is 0 Å². The maximum absolute atomic E-state index is 12.6. The van der Waals surface area contributed by atoms with Crippen LogP contribution >= 0.6 is 0 Å². The van der Waals surface area contributed by atoms with Crippen molar-refractivity contribution < 1.29 is 9.13 Å². The van der Waals surface area contributed by atoms with E-state index in [2.05, 4.69) is 66.3 Å². The minimum absolute atomic E-state index is 0.0475. The van der Waals surface area contributed by atoms with Crippen LogP contribution < -0.4 is 14.7 Å². The molecule has 6 rings (SSSR count). The molecule has 0 saturated carbocycles. The average Bonchev–Trinajstić information content (AvgIpc) is 3.49. The van der Waals surface area contributed by atoms with Crippen molar-refractivity contribution in [3.05, 3.63) is 66.7 Å². The van der Waals surface area contributed by atoms with E-state index in [1.807, 2.05) is 17.0 Å². The summed E-state index contributed by atoms with van der Waals surface area (Å²) in [4.78, 5) is 32.4. The molecule has 0 N–H and O–H groups in total. The Kier molecular flexibility index (Phi) is 7.62. The molecule has 0 bridgehead atoms. The van der Waals surface area contributed by atoms with Crippen LogP contribution in [0.5, 0.6) is 0 Å². The van der Waals surface area contributed by atoms with Crippen LogP contribution in [-0.2, 0) is 17.8 Å². The number of nitrogens with zero attached hydrogens (tertiary/aromatic N) is 12. The van der Waals surface area contributed by atoms with E-state index < -0.39 is 6.67 Å². The SMILES string of the molecule is FCCOC[C@H]1CN(c2ncc(C#Cc3ccc(N4CCn5cnnc5C4)nc3)cn2)CCN1c1ncncn1. The first-order valence-electron chi connectivity index (χ1n) is 13.0. The lowest BCUT2D eigenvalue weighted by molar-refractivity contribution is 0.104. The fraction of sp³-hybridized carbons (Fsp3) is 0.385. The molecule has 0 aromatic carbocycles. The minimum atomic E-state index is -0.530. The van der Waals surface area contributed by atoms with Crippen molar-refractivity contribution in [3.8, 4) is 11.8 Å². The van der Waals surface area contributed by atoms with E-state index in [0.717, 1.165) is 30.3 Å². The van der Waals surface area contributed by atoms with Gasteiger partial charge in [0.05, 0.1) is 31.4 Å². The molecule has 204 valence electrons. The predicted octanol–water partition coefficient (Wildman–Crippen LogP) is 0.749. The topological polar surface area (TPSA) is 127 Å². The van der Waals surface area contributed by atoms with Crippen molar-refractivity contribution >= 4 is 17.7 Å². The molecule has 4 aromatic rings. The highest BCUT2D eigenvalue weighted by Gasteiger charge is 2.30. The zero-order valence-electron chi connectivity index (χ0n) is 21.7. The van der Waals surface area contributed by atoms with Crippen molar-refractivity contribution in [3.63, 3.8) is 0 Å². The van der Waals surface area contributed by atoms with Crippen LogP contribution in [0.25, 0.3) is 0 Å². The third-order valence-electron chi connectivity index (χ3n) is 6.73. The number of anilines is 3. The van der Waals surface area contributed by atoms with Crippen molar-refractivity contribution in [1.29, 1.82) is 0 Å². The number of ether oxygens (including phenoxy) is 1. The molecule has 0 aliphatic carbocycles. The summed E-state index contributed by atoms with van der Waals surface area (Å²) in [7, 11) is 0. The number of aromatic nitrogens is 9. The average molecular weight is 543 g/mol. The van der Waals surface area contributed by atoms with Crippen LogP contribution in [0.3, 0.4) is 0 Å². The lowest BCUT2D eigenvalue weighted by Crippen LogP contribution is -2.56. The Morgan fingerprint density at radius 2 is 1.68 bits per heavy atom.